The third kappa shape index (κ3) is 3.07. The Labute approximate surface area is 117 Å². The van der Waals surface area contributed by atoms with Crippen LogP contribution in [0.15, 0.2) is 12.3 Å². The summed E-state index contributed by atoms with van der Waals surface area (Å²) in [6, 6.07) is 1.88. The van der Waals surface area contributed by atoms with E-state index in [-0.39, 0.29) is 5.91 Å². The molecule has 0 aliphatic heterocycles. The number of thiol groups is 1. The Morgan fingerprint density at radius 2 is 2.26 bits per heavy atom. The predicted octanol–water partition coefficient (Wildman–Crippen LogP) is 1.32. The van der Waals surface area contributed by atoms with Crippen LogP contribution in [-0.4, -0.2) is 32.8 Å². The number of fused-ring (bicyclic) bond motifs is 1. The summed E-state index contributed by atoms with van der Waals surface area (Å²) in [6.07, 6.45) is 2.88. The molecule has 0 spiro atoms. The second-order valence-corrected chi connectivity index (χ2v) is 4.88. The minimum absolute atomic E-state index is 0.0495. The smallest absolute Gasteiger partial charge is 0.220 e. The fourth-order valence-electron chi connectivity index (χ4n) is 2.15. The lowest BCUT2D eigenvalue weighted by atomic mass is 10.1. The van der Waals surface area contributed by atoms with Gasteiger partial charge in [0.15, 0.2) is 5.65 Å². The van der Waals surface area contributed by atoms with Crippen molar-refractivity contribution in [1.29, 1.82) is 0 Å². The zero-order valence-electron chi connectivity index (χ0n) is 11.2. The number of nitrogens with one attached hydrogen (secondary N) is 1. The highest BCUT2D eigenvalue weighted by Crippen LogP contribution is 2.15. The minimum atomic E-state index is 0.0495. The molecule has 0 saturated heterocycles. The highest BCUT2D eigenvalue weighted by Gasteiger charge is 2.11. The quantitative estimate of drug-likeness (QED) is 0.811. The molecule has 19 heavy (non-hydrogen) atoms. The summed E-state index contributed by atoms with van der Waals surface area (Å²) < 4.78 is 1.81. The van der Waals surface area contributed by atoms with Crippen molar-refractivity contribution in [3.05, 3.63) is 29.2 Å². The van der Waals surface area contributed by atoms with Gasteiger partial charge in [-0.3, -0.25) is 4.79 Å². The summed E-state index contributed by atoms with van der Waals surface area (Å²) >= 11 is 4.06. The van der Waals surface area contributed by atoms with Gasteiger partial charge in [-0.1, -0.05) is 0 Å². The van der Waals surface area contributed by atoms with Crippen molar-refractivity contribution < 1.29 is 4.79 Å². The van der Waals surface area contributed by atoms with Gasteiger partial charge >= 0.3 is 0 Å². The predicted molar refractivity (Wildman–Crippen MR) is 77.6 cm³/mol. The number of aryl methyl sites for hydroxylation is 2. The van der Waals surface area contributed by atoms with Crippen LogP contribution in [0.25, 0.3) is 5.65 Å². The Kier molecular flexibility index (Phi) is 4.42. The Balaban J connectivity index is 2.14. The zero-order valence-corrected chi connectivity index (χ0v) is 12.1. The van der Waals surface area contributed by atoms with E-state index in [1.54, 1.807) is 6.20 Å². The molecule has 1 N–H and O–H groups in total. The van der Waals surface area contributed by atoms with Gasteiger partial charge in [-0.15, -0.1) is 0 Å². The summed E-state index contributed by atoms with van der Waals surface area (Å²) in [4.78, 5) is 16.1. The molecule has 2 rings (SSSR count). The third-order valence-electron chi connectivity index (χ3n) is 3.13. The second-order valence-electron chi connectivity index (χ2n) is 4.44. The van der Waals surface area contributed by atoms with Gasteiger partial charge in [0.05, 0.1) is 6.20 Å². The van der Waals surface area contributed by atoms with Gasteiger partial charge in [-0.2, -0.15) is 17.7 Å². The molecule has 2 heterocycles. The van der Waals surface area contributed by atoms with Gasteiger partial charge in [0.1, 0.15) is 0 Å². The van der Waals surface area contributed by atoms with E-state index in [0.29, 0.717) is 25.1 Å². The molecule has 0 aliphatic rings. The lowest BCUT2D eigenvalue weighted by molar-refractivity contribution is -0.120. The van der Waals surface area contributed by atoms with Gasteiger partial charge in [-0.25, -0.2) is 9.50 Å². The van der Waals surface area contributed by atoms with Crippen LogP contribution in [0.3, 0.4) is 0 Å². The fourth-order valence-corrected chi connectivity index (χ4v) is 2.26. The van der Waals surface area contributed by atoms with Crippen molar-refractivity contribution in [2.45, 2.75) is 26.7 Å². The van der Waals surface area contributed by atoms with Crippen LogP contribution in [0.4, 0.5) is 0 Å². The first-order valence-corrected chi connectivity index (χ1v) is 6.94. The summed E-state index contributed by atoms with van der Waals surface area (Å²) in [5.41, 5.74) is 3.96. The SMILES string of the molecule is Cc1nc2ccnn2c(C)c1CCC(=O)NCCS. The highest BCUT2D eigenvalue weighted by atomic mass is 32.1. The molecule has 102 valence electrons. The first-order chi connectivity index (χ1) is 9.13. The van der Waals surface area contributed by atoms with Crippen molar-refractivity contribution in [1.82, 2.24) is 19.9 Å². The van der Waals surface area contributed by atoms with Crippen LogP contribution < -0.4 is 5.32 Å². The molecule has 0 fully saturated rings. The zero-order chi connectivity index (χ0) is 13.8. The molecule has 2 aromatic rings. The number of nitrogens with zero attached hydrogens (tertiary/aromatic N) is 3. The van der Waals surface area contributed by atoms with Crippen molar-refractivity contribution in [2.75, 3.05) is 12.3 Å². The monoisotopic (exact) mass is 278 g/mol. The summed E-state index contributed by atoms with van der Waals surface area (Å²) in [7, 11) is 0. The maximum Gasteiger partial charge on any atom is 0.220 e. The van der Waals surface area contributed by atoms with Gasteiger partial charge in [0, 0.05) is 36.2 Å². The van der Waals surface area contributed by atoms with Gasteiger partial charge in [-0.05, 0) is 25.8 Å². The van der Waals surface area contributed by atoms with Crippen molar-refractivity contribution in [3.63, 3.8) is 0 Å². The Morgan fingerprint density at radius 1 is 1.47 bits per heavy atom. The Hall–Kier alpha value is -1.56. The van der Waals surface area contributed by atoms with E-state index in [4.69, 9.17) is 0 Å². The fraction of sp³-hybridized carbons (Fsp3) is 0.462. The van der Waals surface area contributed by atoms with Crippen LogP contribution >= 0.6 is 12.6 Å². The number of amides is 1. The molecular formula is C13H18N4OS. The van der Waals surface area contributed by atoms with Gasteiger partial charge in [0.2, 0.25) is 5.91 Å². The van der Waals surface area contributed by atoms with Crippen molar-refractivity contribution in [2.24, 2.45) is 0 Å². The summed E-state index contributed by atoms with van der Waals surface area (Å²) in [5, 5.41) is 7.06. The lowest BCUT2D eigenvalue weighted by Crippen LogP contribution is -2.25. The number of hydrogen-bond donors (Lipinski definition) is 2. The molecule has 0 atom stereocenters. The first-order valence-electron chi connectivity index (χ1n) is 6.31. The minimum Gasteiger partial charge on any atom is -0.355 e. The van der Waals surface area contributed by atoms with Crippen LogP contribution in [0.1, 0.15) is 23.4 Å². The summed E-state index contributed by atoms with van der Waals surface area (Å²) in [5.74, 6) is 0.707. The lowest BCUT2D eigenvalue weighted by Gasteiger charge is -2.11. The molecule has 5 nitrogen and oxygen atoms in total. The van der Waals surface area contributed by atoms with Gasteiger partial charge < -0.3 is 5.32 Å². The number of carbonyl (C=O) groups is 1. The van der Waals surface area contributed by atoms with E-state index >= 15 is 0 Å². The van der Waals surface area contributed by atoms with E-state index in [2.05, 4.69) is 28.0 Å². The second kappa shape index (κ2) is 6.06. The molecule has 0 aromatic carbocycles. The number of carbonyl (C=O) groups excluding carboxylic acids is 1. The van der Waals surface area contributed by atoms with Crippen molar-refractivity contribution >= 4 is 24.2 Å². The number of rotatable bonds is 5. The number of hydrogen-bond acceptors (Lipinski definition) is 4. The van der Waals surface area contributed by atoms with Gasteiger partial charge in [0.25, 0.3) is 0 Å². The van der Waals surface area contributed by atoms with Crippen LogP contribution in [0.5, 0.6) is 0 Å². The molecule has 0 saturated carbocycles. The van der Waals surface area contributed by atoms with E-state index in [1.807, 2.05) is 24.4 Å². The molecule has 0 aliphatic carbocycles. The number of aromatic nitrogens is 3. The maximum atomic E-state index is 11.6. The molecule has 0 bridgehead atoms. The summed E-state index contributed by atoms with van der Waals surface area (Å²) in [6.45, 7) is 4.59. The van der Waals surface area contributed by atoms with Crippen LogP contribution in [0.2, 0.25) is 0 Å². The molecule has 0 radical (unpaired) electrons. The standard InChI is InChI=1S/C13H18N4OS/c1-9-11(3-4-13(18)14-7-8-19)10(2)17-12(16-9)5-6-15-17/h5-6,19H,3-4,7-8H2,1-2H3,(H,14,18). The molecule has 0 unspecified atom stereocenters. The maximum absolute atomic E-state index is 11.6. The van der Waals surface area contributed by atoms with Crippen LogP contribution in [-0.2, 0) is 11.2 Å². The van der Waals surface area contributed by atoms with E-state index < -0.39 is 0 Å². The molecule has 6 heteroatoms. The normalized spacial score (nSPS) is 10.9. The Bertz CT molecular complexity index is 594. The topological polar surface area (TPSA) is 59.3 Å². The average molecular weight is 278 g/mol. The average Bonchev–Trinajstić information content (AvgIpc) is 2.84. The third-order valence-corrected chi connectivity index (χ3v) is 3.36. The largest absolute Gasteiger partial charge is 0.355 e. The molecule has 2 aromatic heterocycles. The van der Waals surface area contributed by atoms with Crippen molar-refractivity contribution in [3.8, 4) is 0 Å². The molecular weight excluding hydrogens is 260 g/mol. The van der Waals surface area contributed by atoms with E-state index in [9.17, 15) is 4.79 Å². The Morgan fingerprint density at radius 3 is 3.00 bits per heavy atom. The van der Waals surface area contributed by atoms with E-state index in [1.165, 1.54) is 0 Å². The molecule has 1 amide bonds. The first kappa shape index (κ1) is 13.9. The van der Waals surface area contributed by atoms with E-state index in [0.717, 1.165) is 22.6 Å². The highest BCUT2D eigenvalue weighted by molar-refractivity contribution is 7.80. The van der Waals surface area contributed by atoms with Crippen LogP contribution in [0, 0.1) is 13.8 Å².